The molecule has 3 amide bonds. The molecule has 2 bridgehead atoms. The summed E-state index contributed by atoms with van der Waals surface area (Å²) in [5, 5.41) is 13.1. The molecule has 1 saturated heterocycles. The summed E-state index contributed by atoms with van der Waals surface area (Å²) in [6.45, 7) is 5.01. The van der Waals surface area contributed by atoms with E-state index in [1.807, 2.05) is 0 Å². The maximum absolute atomic E-state index is 13.1. The lowest BCUT2D eigenvalue weighted by Crippen LogP contribution is -2.38. The Kier molecular flexibility index (Phi) is 6.04. The molecule has 2 N–H and O–H groups in total. The van der Waals surface area contributed by atoms with Crippen molar-refractivity contribution in [3.8, 4) is 0 Å². The molecule has 204 valence electrons. The van der Waals surface area contributed by atoms with Crippen molar-refractivity contribution in [2.75, 3.05) is 11.9 Å². The predicted octanol–water partition coefficient (Wildman–Crippen LogP) is 1.04. The van der Waals surface area contributed by atoms with Gasteiger partial charge in [0, 0.05) is 18.0 Å². The Balaban J connectivity index is 1.46. The van der Waals surface area contributed by atoms with E-state index in [1.165, 1.54) is 15.8 Å². The van der Waals surface area contributed by atoms with Crippen molar-refractivity contribution in [3.63, 3.8) is 0 Å². The van der Waals surface area contributed by atoms with Gasteiger partial charge in [-0.2, -0.15) is 18.6 Å². The quantitative estimate of drug-likeness (QED) is 0.399. The first-order chi connectivity index (χ1) is 17.7. The number of aromatic nitrogens is 5. The number of rotatable bonds is 6. The molecular weight excluding hydrogens is 548 g/mol. The van der Waals surface area contributed by atoms with E-state index >= 15 is 0 Å². The number of nitrogens with zero attached hydrogens (tertiary/aromatic N) is 7. The molecule has 1 fully saturated rings. The van der Waals surface area contributed by atoms with Gasteiger partial charge < -0.3 is 9.64 Å². The number of carbonyl (C=O) groups is 2. The van der Waals surface area contributed by atoms with E-state index in [9.17, 15) is 27.4 Å². The van der Waals surface area contributed by atoms with E-state index in [4.69, 9.17) is 9.26 Å². The number of anilines is 1. The summed E-state index contributed by atoms with van der Waals surface area (Å²) in [5.41, 5.74) is 0.166. The lowest BCUT2D eigenvalue weighted by atomic mass is 9.97. The number of carbonyl (C=O) groups excluding carboxylic acids is 2. The SMILES string of the molecule is Cn1ncc2c1[C@@H](c1noc(=O)n1Cc1nc(NC(=O)OC(C)(C)C)cs1)N1C[C@@H]2N(OS(=O)(=O)O)C1=O. The van der Waals surface area contributed by atoms with Gasteiger partial charge in [0.2, 0.25) is 0 Å². The maximum Gasteiger partial charge on any atom is 0.442 e. The molecule has 3 aromatic rings. The molecule has 0 radical (unpaired) electrons. The summed E-state index contributed by atoms with van der Waals surface area (Å²) < 4.78 is 49.2. The van der Waals surface area contributed by atoms with Crippen LogP contribution in [0.4, 0.5) is 15.4 Å². The monoisotopic (exact) mass is 570 g/mol. The van der Waals surface area contributed by atoms with E-state index in [2.05, 4.69) is 24.8 Å². The highest BCUT2D eigenvalue weighted by molar-refractivity contribution is 7.80. The number of hydrogen-bond acceptors (Lipinski definition) is 12. The molecule has 0 unspecified atom stereocenters. The highest BCUT2D eigenvalue weighted by Crippen LogP contribution is 2.46. The van der Waals surface area contributed by atoms with E-state index in [0.717, 1.165) is 15.9 Å². The van der Waals surface area contributed by atoms with Crippen molar-refractivity contribution < 1.29 is 36.1 Å². The summed E-state index contributed by atoms with van der Waals surface area (Å²) >= 11 is 1.15. The highest BCUT2D eigenvalue weighted by atomic mass is 32.3. The second-order valence-corrected chi connectivity index (χ2v) is 11.4. The number of ether oxygens (including phenoxy) is 1. The average Bonchev–Trinajstić information content (AvgIpc) is 3.53. The van der Waals surface area contributed by atoms with Crippen LogP contribution in [0.2, 0.25) is 0 Å². The van der Waals surface area contributed by atoms with Crippen molar-refractivity contribution in [2.45, 2.75) is 45.0 Å². The summed E-state index contributed by atoms with van der Waals surface area (Å²) in [5.74, 6) is -0.593. The Morgan fingerprint density at radius 2 is 2.08 bits per heavy atom. The molecular formula is C19H22N8O9S2. The van der Waals surface area contributed by atoms with Gasteiger partial charge in [-0.25, -0.2) is 19.4 Å². The number of aryl methyl sites for hydroxylation is 1. The van der Waals surface area contributed by atoms with Crippen LogP contribution in [0, 0.1) is 0 Å². The standard InChI is InChI=1S/C19H22N8O9S2/c1-19(2,3)34-16(28)22-11-8-37-12(21-11)7-26-15(23-35-18(26)30)14-13-9(5-20-24(13)4)10-6-25(14)17(29)27(10)36-38(31,32)33/h5,8,10,14H,6-7H2,1-4H3,(H,22,28)(H,31,32,33)/t10-,14-/m0/s1. The van der Waals surface area contributed by atoms with E-state index in [-0.39, 0.29) is 24.7 Å². The smallest absolute Gasteiger partial charge is 0.442 e. The zero-order chi connectivity index (χ0) is 27.6. The Hall–Kier alpha value is -3.81. The van der Waals surface area contributed by atoms with Crippen LogP contribution in [0.1, 0.15) is 54.9 Å². The van der Waals surface area contributed by atoms with Crippen LogP contribution in [0.15, 0.2) is 20.9 Å². The van der Waals surface area contributed by atoms with Crippen LogP contribution in [0.3, 0.4) is 0 Å². The van der Waals surface area contributed by atoms with Gasteiger partial charge in [0.25, 0.3) is 0 Å². The zero-order valence-electron chi connectivity index (χ0n) is 20.4. The van der Waals surface area contributed by atoms with E-state index in [0.29, 0.717) is 21.3 Å². The van der Waals surface area contributed by atoms with Crippen molar-refractivity contribution in [3.05, 3.63) is 44.2 Å². The first-order valence-electron chi connectivity index (χ1n) is 11.0. The summed E-state index contributed by atoms with van der Waals surface area (Å²) in [6.07, 6.45) is 0.739. The average molecular weight is 571 g/mol. The fourth-order valence-corrected chi connectivity index (χ4v) is 5.38. The maximum atomic E-state index is 13.1. The van der Waals surface area contributed by atoms with Crippen molar-refractivity contribution in [2.24, 2.45) is 7.05 Å². The Bertz CT molecular complexity index is 1580. The molecule has 2 aliphatic rings. The summed E-state index contributed by atoms with van der Waals surface area (Å²) in [4.78, 5) is 43.4. The molecule has 0 saturated carbocycles. The molecule has 0 aromatic carbocycles. The van der Waals surface area contributed by atoms with Crippen molar-refractivity contribution in [1.29, 1.82) is 0 Å². The van der Waals surface area contributed by atoms with Gasteiger partial charge in [-0.3, -0.25) is 23.6 Å². The molecule has 38 heavy (non-hydrogen) atoms. The number of amides is 3. The van der Waals surface area contributed by atoms with Crippen LogP contribution in [-0.4, -0.2) is 71.7 Å². The Morgan fingerprint density at radius 3 is 2.76 bits per heavy atom. The topological polar surface area (TPSA) is 204 Å². The lowest BCUT2D eigenvalue weighted by Gasteiger charge is -2.30. The van der Waals surface area contributed by atoms with Crippen LogP contribution in [0.25, 0.3) is 0 Å². The second-order valence-electron chi connectivity index (χ2n) is 9.44. The van der Waals surface area contributed by atoms with E-state index < -0.39 is 46.0 Å². The molecule has 2 aliphatic heterocycles. The molecule has 0 aliphatic carbocycles. The highest BCUT2D eigenvalue weighted by Gasteiger charge is 2.53. The predicted molar refractivity (Wildman–Crippen MR) is 126 cm³/mol. The molecule has 0 spiro atoms. The molecule has 2 atom stereocenters. The number of hydroxylamine groups is 2. The third-order valence-corrected chi connectivity index (χ3v) is 6.82. The van der Waals surface area contributed by atoms with Gasteiger partial charge in [-0.15, -0.1) is 15.6 Å². The minimum Gasteiger partial charge on any atom is -0.444 e. The Morgan fingerprint density at radius 1 is 1.34 bits per heavy atom. The first-order valence-corrected chi connectivity index (χ1v) is 13.3. The minimum atomic E-state index is -5.00. The fraction of sp³-hybridized carbons (Fsp3) is 0.474. The van der Waals surface area contributed by atoms with Crippen LogP contribution in [0.5, 0.6) is 0 Å². The Labute approximate surface area is 218 Å². The number of nitrogens with one attached hydrogen (secondary N) is 1. The number of fused-ring (bicyclic) bond motifs is 4. The summed E-state index contributed by atoms with van der Waals surface area (Å²) in [6, 6.07) is -2.78. The van der Waals surface area contributed by atoms with Gasteiger partial charge in [-0.05, 0) is 20.8 Å². The summed E-state index contributed by atoms with van der Waals surface area (Å²) in [7, 11) is -3.40. The number of thiazole rings is 1. The molecule has 17 nitrogen and oxygen atoms in total. The van der Waals surface area contributed by atoms with Crippen LogP contribution in [-0.2, 0) is 33.0 Å². The van der Waals surface area contributed by atoms with Gasteiger partial charge in [0.1, 0.15) is 28.5 Å². The minimum absolute atomic E-state index is 0.0252. The number of hydrogen-bond donors (Lipinski definition) is 2. The van der Waals surface area contributed by atoms with Gasteiger partial charge in [0.05, 0.1) is 25.0 Å². The van der Waals surface area contributed by atoms with Crippen LogP contribution >= 0.6 is 11.3 Å². The fourth-order valence-electron chi connectivity index (χ4n) is 4.29. The first kappa shape index (κ1) is 25.8. The zero-order valence-corrected chi connectivity index (χ0v) is 22.0. The van der Waals surface area contributed by atoms with E-state index in [1.54, 1.807) is 33.2 Å². The van der Waals surface area contributed by atoms with Crippen molar-refractivity contribution >= 4 is 39.7 Å². The molecule has 5 rings (SSSR count). The number of urea groups is 1. The largest absolute Gasteiger partial charge is 0.444 e. The molecule has 19 heteroatoms. The lowest BCUT2D eigenvalue weighted by molar-refractivity contribution is -0.0317. The third-order valence-electron chi connectivity index (χ3n) is 5.64. The second kappa shape index (κ2) is 8.89. The van der Waals surface area contributed by atoms with Gasteiger partial charge in [-0.1, -0.05) is 5.16 Å². The molecule has 5 heterocycles. The van der Waals surface area contributed by atoms with Crippen LogP contribution < -0.4 is 11.1 Å². The van der Waals surface area contributed by atoms with Crippen molar-refractivity contribution in [1.82, 2.24) is 34.5 Å². The normalized spacial score (nSPS) is 19.1. The van der Waals surface area contributed by atoms with Gasteiger partial charge >= 0.3 is 28.3 Å². The van der Waals surface area contributed by atoms with Gasteiger partial charge in [0.15, 0.2) is 5.82 Å². The molecule has 3 aromatic heterocycles. The third kappa shape index (κ3) is 4.75.